The van der Waals surface area contributed by atoms with Crippen LogP contribution in [0.1, 0.15) is 22.5 Å². The summed E-state index contributed by atoms with van der Waals surface area (Å²) in [6.45, 7) is 0.281. The van der Waals surface area contributed by atoms with Crippen LogP contribution in [0, 0.1) is 5.82 Å². The minimum Gasteiger partial charge on any atom is -0.354 e. The maximum atomic E-state index is 13.6. The zero-order valence-corrected chi connectivity index (χ0v) is 15.7. The predicted octanol–water partition coefficient (Wildman–Crippen LogP) is 1.21. The van der Waals surface area contributed by atoms with Crippen molar-refractivity contribution in [2.45, 2.75) is 18.9 Å². The number of rotatable bonds is 6. The third kappa shape index (κ3) is 4.79. The number of amides is 1. The molecule has 1 unspecified atom stereocenters. The molecule has 1 N–H and O–H groups in total. The second kappa shape index (κ2) is 7.99. The van der Waals surface area contributed by atoms with Gasteiger partial charge in [0.1, 0.15) is 5.82 Å². The molecule has 0 saturated carbocycles. The van der Waals surface area contributed by atoms with Gasteiger partial charge in [0, 0.05) is 19.6 Å². The van der Waals surface area contributed by atoms with E-state index in [1.54, 1.807) is 42.3 Å². The summed E-state index contributed by atoms with van der Waals surface area (Å²) in [5, 5.41) is 10.6. The van der Waals surface area contributed by atoms with E-state index in [4.69, 9.17) is 0 Å². The monoisotopic (exact) mass is 392 g/mol. The summed E-state index contributed by atoms with van der Waals surface area (Å²) in [4.78, 5) is 13.9. The fourth-order valence-corrected chi connectivity index (χ4v) is 4.78. The highest BCUT2D eigenvalue weighted by molar-refractivity contribution is 7.91. The Kier molecular flexibility index (Phi) is 5.69. The average Bonchev–Trinajstić information content (AvgIpc) is 3.02. The molecule has 0 spiro atoms. The summed E-state index contributed by atoms with van der Waals surface area (Å²) in [5.41, 5.74) is 0.687. The maximum absolute atomic E-state index is 13.6. The van der Waals surface area contributed by atoms with E-state index >= 15 is 0 Å². The van der Waals surface area contributed by atoms with Gasteiger partial charge in [-0.15, -0.1) is 10.2 Å². The van der Waals surface area contributed by atoms with Crippen LogP contribution in [-0.4, -0.2) is 55.7 Å². The van der Waals surface area contributed by atoms with E-state index in [1.165, 1.54) is 6.07 Å². The number of anilines is 1. The average molecular weight is 392 g/mol. The lowest BCUT2D eigenvalue weighted by Crippen LogP contribution is -2.33. The molecule has 0 aliphatic carbocycles. The van der Waals surface area contributed by atoms with E-state index in [1.807, 2.05) is 0 Å². The number of halogens is 1. The molecule has 0 radical (unpaired) electrons. The molecule has 0 bridgehead atoms. The molecule has 27 heavy (non-hydrogen) atoms. The van der Waals surface area contributed by atoms with Gasteiger partial charge in [-0.25, -0.2) is 12.8 Å². The first kappa shape index (κ1) is 19.2. The molecule has 1 amide bonds. The Bertz CT molecular complexity index is 918. The van der Waals surface area contributed by atoms with Crippen molar-refractivity contribution in [2.75, 3.05) is 30.0 Å². The predicted molar refractivity (Wildman–Crippen MR) is 99.9 cm³/mol. The van der Waals surface area contributed by atoms with Crippen LogP contribution in [0.25, 0.3) is 0 Å². The van der Waals surface area contributed by atoms with Gasteiger partial charge in [0.15, 0.2) is 21.3 Å². The zero-order chi connectivity index (χ0) is 19.4. The molecule has 7 nitrogen and oxygen atoms in total. The lowest BCUT2D eigenvalue weighted by Gasteiger charge is -2.23. The standard InChI is InChI=1S/C18H21FN4O3S/c1-23(14-9-11-27(25,26)12-14)17-7-6-16(21-22-17)18(24)20-10-8-13-4-2-3-5-15(13)19/h2-7,14H,8-12H2,1H3,(H,20,24). The van der Waals surface area contributed by atoms with E-state index in [0.29, 0.717) is 24.2 Å². The van der Waals surface area contributed by atoms with Gasteiger partial charge in [-0.3, -0.25) is 4.79 Å². The number of sulfone groups is 1. The highest BCUT2D eigenvalue weighted by Crippen LogP contribution is 2.20. The lowest BCUT2D eigenvalue weighted by atomic mass is 10.1. The van der Waals surface area contributed by atoms with Crippen LogP contribution in [0.15, 0.2) is 36.4 Å². The SMILES string of the molecule is CN(c1ccc(C(=O)NCCc2ccccc2F)nn1)C1CCS(=O)(=O)C1. The minimum atomic E-state index is -2.99. The molecule has 1 aliphatic heterocycles. The van der Waals surface area contributed by atoms with Gasteiger partial charge in [-0.1, -0.05) is 18.2 Å². The first-order valence-corrected chi connectivity index (χ1v) is 10.5. The summed E-state index contributed by atoms with van der Waals surface area (Å²) < 4.78 is 36.8. The second-order valence-electron chi connectivity index (χ2n) is 6.54. The van der Waals surface area contributed by atoms with Gasteiger partial charge in [-0.05, 0) is 36.6 Å². The Balaban J connectivity index is 1.55. The van der Waals surface area contributed by atoms with Crippen molar-refractivity contribution in [1.82, 2.24) is 15.5 Å². The molecule has 1 saturated heterocycles. The molecule has 2 aromatic rings. The summed E-state index contributed by atoms with van der Waals surface area (Å²) in [5.74, 6) is 0.103. The Morgan fingerprint density at radius 2 is 2.04 bits per heavy atom. The summed E-state index contributed by atoms with van der Waals surface area (Å²) in [6, 6.07) is 9.47. The van der Waals surface area contributed by atoms with Crippen LogP contribution in [-0.2, 0) is 16.3 Å². The quantitative estimate of drug-likeness (QED) is 0.795. The molecule has 1 aromatic carbocycles. The molecule has 3 rings (SSSR count). The molecular weight excluding hydrogens is 371 g/mol. The molecule has 1 atom stereocenters. The first-order valence-electron chi connectivity index (χ1n) is 8.64. The van der Waals surface area contributed by atoms with Gasteiger partial charge < -0.3 is 10.2 Å². The number of aromatic nitrogens is 2. The van der Waals surface area contributed by atoms with E-state index in [-0.39, 0.29) is 35.6 Å². The number of nitrogens with one attached hydrogen (secondary N) is 1. The second-order valence-corrected chi connectivity index (χ2v) is 8.77. The van der Waals surface area contributed by atoms with Crippen LogP contribution in [0.4, 0.5) is 10.2 Å². The Morgan fingerprint density at radius 1 is 1.26 bits per heavy atom. The third-order valence-corrected chi connectivity index (χ3v) is 6.39. The number of carbonyl (C=O) groups excluding carboxylic acids is 1. The molecule has 1 fully saturated rings. The highest BCUT2D eigenvalue weighted by atomic mass is 32.2. The van der Waals surface area contributed by atoms with E-state index in [0.717, 1.165) is 0 Å². The zero-order valence-electron chi connectivity index (χ0n) is 14.9. The van der Waals surface area contributed by atoms with Gasteiger partial charge >= 0.3 is 0 Å². The minimum absolute atomic E-state index is 0.101. The maximum Gasteiger partial charge on any atom is 0.271 e. The van der Waals surface area contributed by atoms with Crippen LogP contribution in [0.5, 0.6) is 0 Å². The molecule has 2 heterocycles. The normalized spacial score (nSPS) is 18.2. The third-order valence-electron chi connectivity index (χ3n) is 4.64. The van der Waals surface area contributed by atoms with Crippen LogP contribution >= 0.6 is 0 Å². The molecule has 1 aromatic heterocycles. The van der Waals surface area contributed by atoms with Crippen molar-refractivity contribution >= 4 is 21.6 Å². The molecule has 9 heteroatoms. The van der Waals surface area contributed by atoms with Crippen molar-refractivity contribution in [3.8, 4) is 0 Å². The summed E-state index contributed by atoms with van der Waals surface area (Å²) >= 11 is 0. The topological polar surface area (TPSA) is 92.3 Å². The van der Waals surface area contributed by atoms with Gasteiger partial charge in [0.2, 0.25) is 0 Å². The van der Waals surface area contributed by atoms with Gasteiger partial charge in [-0.2, -0.15) is 0 Å². The molecule has 1 aliphatic rings. The molecule has 144 valence electrons. The largest absolute Gasteiger partial charge is 0.354 e. The summed E-state index contributed by atoms with van der Waals surface area (Å²) in [7, 11) is -1.22. The van der Waals surface area contributed by atoms with Crippen molar-refractivity contribution in [3.63, 3.8) is 0 Å². The first-order chi connectivity index (χ1) is 12.9. The fraction of sp³-hybridized carbons (Fsp3) is 0.389. The number of benzene rings is 1. The fourth-order valence-electron chi connectivity index (χ4n) is 3.00. The smallest absolute Gasteiger partial charge is 0.271 e. The van der Waals surface area contributed by atoms with Crippen LogP contribution < -0.4 is 10.2 Å². The van der Waals surface area contributed by atoms with Crippen LogP contribution in [0.3, 0.4) is 0 Å². The molecular formula is C18H21FN4O3S. The van der Waals surface area contributed by atoms with E-state index in [2.05, 4.69) is 15.5 Å². The van der Waals surface area contributed by atoms with Gasteiger partial charge in [0.25, 0.3) is 5.91 Å². The number of hydrogen-bond acceptors (Lipinski definition) is 6. The van der Waals surface area contributed by atoms with E-state index in [9.17, 15) is 17.6 Å². The Morgan fingerprint density at radius 3 is 2.67 bits per heavy atom. The Labute approximate surface area is 157 Å². The van der Waals surface area contributed by atoms with Gasteiger partial charge in [0.05, 0.1) is 11.5 Å². The Hall–Kier alpha value is -2.55. The van der Waals surface area contributed by atoms with Crippen LogP contribution in [0.2, 0.25) is 0 Å². The van der Waals surface area contributed by atoms with E-state index < -0.39 is 15.7 Å². The lowest BCUT2D eigenvalue weighted by molar-refractivity contribution is 0.0948. The highest BCUT2D eigenvalue weighted by Gasteiger charge is 2.31. The number of nitrogens with zero attached hydrogens (tertiary/aromatic N) is 3. The van der Waals surface area contributed by atoms with Crippen molar-refractivity contribution in [3.05, 3.63) is 53.5 Å². The summed E-state index contributed by atoms with van der Waals surface area (Å²) in [6.07, 6.45) is 0.932. The van der Waals surface area contributed by atoms with Crippen molar-refractivity contribution in [2.24, 2.45) is 0 Å². The number of carbonyl (C=O) groups is 1. The number of hydrogen-bond donors (Lipinski definition) is 1. The van der Waals surface area contributed by atoms with Crippen molar-refractivity contribution in [1.29, 1.82) is 0 Å². The van der Waals surface area contributed by atoms with Crippen molar-refractivity contribution < 1.29 is 17.6 Å².